The van der Waals surface area contributed by atoms with E-state index in [2.05, 4.69) is 18.4 Å². The summed E-state index contributed by atoms with van der Waals surface area (Å²) in [4.78, 5) is 34.7. The Labute approximate surface area is 315 Å². The average Bonchev–Trinajstić information content (AvgIpc) is 3.05. The number of esters is 2. The molecule has 0 saturated heterocycles. The Kier molecular flexibility index (Phi) is 38.3. The molecule has 12 heteroatoms. The number of phosphoric ester groups is 1. The number of phosphoric acid groups is 1. The van der Waals surface area contributed by atoms with Gasteiger partial charge in [-0.05, 0) is 12.8 Å². The average molecular weight is 718 g/mol. The van der Waals surface area contributed by atoms with E-state index in [0.717, 1.165) is 38.5 Å². The van der Waals surface area contributed by atoms with E-state index < -0.39 is 51.8 Å². The van der Waals surface area contributed by atoms with Gasteiger partial charge in [0, 0.05) is 42.4 Å². The van der Waals surface area contributed by atoms with Crippen molar-refractivity contribution in [1.82, 2.24) is 0 Å². The van der Waals surface area contributed by atoms with Crippen molar-refractivity contribution in [3.05, 3.63) is 0 Å². The van der Waals surface area contributed by atoms with Gasteiger partial charge in [0.1, 0.15) is 12.7 Å². The minimum absolute atomic E-state index is 0. The first-order chi connectivity index (χ1) is 22.7. The summed E-state index contributed by atoms with van der Waals surface area (Å²) in [7, 11) is -4.60. The molecule has 281 valence electrons. The molecule has 2 unspecified atom stereocenters. The van der Waals surface area contributed by atoms with Crippen molar-refractivity contribution in [2.75, 3.05) is 26.4 Å². The van der Waals surface area contributed by atoms with Crippen LogP contribution in [0.2, 0.25) is 0 Å². The topological polar surface area (TPSA) is 149 Å². The van der Waals surface area contributed by atoms with Crippen LogP contribution in [-0.4, -0.2) is 95.2 Å². The van der Waals surface area contributed by atoms with Gasteiger partial charge >= 0.3 is 19.8 Å². The molecule has 0 spiro atoms. The summed E-state index contributed by atoms with van der Waals surface area (Å²) in [5, 5.41) is 18.2. The second kappa shape index (κ2) is 36.8. The molecule has 0 aromatic carbocycles. The van der Waals surface area contributed by atoms with Crippen molar-refractivity contribution in [3.63, 3.8) is 0 Å². The fourth-order valence-electron chi connectivity index (χ4n) is 5.29. The zero-order valence-electron chi connectivity index (χ0n) is 31.0. The van der Waals surface area contributed by atoms with Gasteiger partial charge in [-0.1, -0.05) is 155 Å². The molecule has 0 aliphatic heterocycles. The summed E-state index contributed by atoms with van der Waals surface area (Å²) in [5.74, 6) is -0.916. The van der Waals surface area contributed by atoms with E-state index >= 15 is 0 Å². The molecule has 48 heavy (non-hydrogen) atoms. The van der Waals surface area contributed by atoms with Gasteiger partial charge in [0.25, 0.3) is 0 Å². The molecular formula is C36H71NaO10P. The first-order valence-electron chi connectivity index (χ1n) is 19.0. The smallest absolute Gasteiger partial charge is 0.462 e. The van der Waals surface area contributed by atoms with Crippen molar-refractivity contribution < 1.29 is 47.8 Å². The van der Waals surface area contributed by atoms with Crippen molar-refractivity contribution in [2.45, 2.75) is 193 Å². The van der Waals surface area contributed by atoms with Gasteiger partial charge in [-0.3, -0.25) is 18.6 Å². The Bertz CT molecular complexity index is 773. The number of rotatable bonds is 36. The van der Waals surface area contributed by atoms with Crippen LogP contribution >= 0.6 is 7.82 Å². The van der Waals surface area contributed by atoms with E-state index in [1.54, 1.807) is 0 Å². The Balaban J connectivity index is 0. The van der Waals surface area contributed by atoms with Gasteiger partial charge in [0.05, 0.1) is 19.8 Å². The summed E-state index contributed by atoms with van der Waals surface area (Å²) in [6.07, 6.45) is 26.4. The van der Waals surface area contributed by atoms with Crippen LogP contribution in [0.5, 0.6) is 0 Å². The predicted molar refractivity (Wildman–Crippen MR) is 193 cm³/mol. The van der Waals surface area contributed by atoms with Crippen molar-refractivity contribution >= 4 is 49.3 Å². The number of carbonyl (C=O) groups excluding carboxylic acids is 2. The molecule has 1 radical (unpaired) electrons. The van der Waals surface area contributed by atoms with Gasteiger partial charge in [0.15, 0.2) is 6.10 Å². The van der Waals surface area contributed by atoms with Crippen molar-refractivity contribution in [3.8, 4) is 0 Å². The van der Waals surface area contributed by atoms with E-state index in [4.69, 9.17) is 19.1 Å². The second-order valence-electron chi connectivity index (χ2n) is 13.0. The summed E-state index contributed by atoms with van der Waals surface area (Å²) in [6, 6.07) is 0. The number of ether oxygens (including phenoxy) is 2. The second-order valence-corrected chi connectivity index (χ2v) is 14.4. The number of hydrogen-bond acceptors (Lipinski definition) is 9. The van der Waals surface area contributed by atoms with Crippen LogP contribution in [0.4, 0.5) is 0 Å². The van der Waals surface area contributed by atoms with Gasteiger partial charge in [0.2, 0.25) is 0 Å². The van der Waals surface area contributed by atoms with E-state index in [9.17, 15) is 24.2 Å². The Morgan fingerprint density at radius 3 is 1.31 bits per heavy atom. The van der Waals surface area contributed by atoms with Crippen LogP contribution in [0.25, 0.3) is 0 Å². The maximum absolute atomic E-state index is 12.5. The largest absolute Gasteiger partial charge is 0.472 e. The minimum atomic E-state index is -4.60. The standard InChI is InChI=1S/C36H71O10P.Na/c1-3-5-7-9-11-13-15-17-19-21-23-25-27-35(39)43-31-34(32-45-47(41,42)44-30-33(38)29-37)46-36(40)28-26-24-22-20-18-16-14-12-10-8-6-4-2;/h33-34,37-38H,3-32H2,1-2H3,(H,41,42);/t33?,34-;/m1./s1. The molecule has 0 bridgehead atoms. The molecule has 10 nitrogen and oxygen atoms in total. The number of carbonyl (C=O) groups is 2. The van der Waals surface area contributed by atoms with Crippen LogP contribution < -0.4 is 0 Å². The third kappa shape index (κ3) is 35.8. The van der Waals surface area contributed by atoms with Crippen LogP contribution in [0.3, 0.4) is 0 Å². The molecule has 0 aliphatic rings. The SMILES string of the molecule is CCCCCCCCCCCCCCC(=O)OC[C@H](COP(=O)(O)OCC(O)CO)OC(=O)CCCCCCCCCCCCCC.[Na]. The number of aliphatic hydroxyl groups is 2. The first kappa shape index (κ1) is 50.1. The number of unbranched alkanes of at least 4 members (excludes halogenated alkanes) is 22. The molecule has 0 aromatic heterocycles. The molecule has 3 N–H and O–H groups in total. The fraction of sp³-hybridized carbons (Fsp3) is 0.944. The number of aliphatic hydroxyl groups excluding tert-OH is 2. The summed E-state index contributed by atoms with van der Waals surface area (Å²) >= 11 is 0. The van der Waals surface area contributed by atoms with Gasteiger partial charge in [-0.2, -0.15) is 0 Å². The third-order valence-corrected chi connectivity index (χ3v) is 9.21. The van der Waals surface area contributed by atoms with Gasteiger partial charge in [-0.25, -0.2) is 4.57 Å². The van der Waals surface area contributed by atoms with E-state index in [0.29, 0.717) is 12.8 Å². The quantitative estimate of drug-likeness (QED) is 0.0249. The molecule has 0 fully saturated rings. The maximum Gasteiger partial charge on any atom is 0.472 e. The number of hydrogen-bond donors (Lipinski definition) is 3. The fourth-order valence-corrected chi connectivity index (χ4v) is 6.08. The molecule has 0 saturated carbocycles. The van der Waals surface area contributed by atoms with Gasteiger partial charge < -0.3 is 24.6 Å². The molecule has 0 aromatic rings. The Morgan fingerprint density at radius 1 is 0.562 bits per heavy atom. The normalized spacial score (nSPS) is 13.8. The van der Waals surface area contributed by atoms with Crippen LogP contribution in [0.15, 0.2) is 0 Å². The van der Waals surface area contributed by atoms with E-state index in [1.165, 1.54) is 103 Å². The molecular weight excluding hydrogens is 646 g/mol. The molecule has 0 rings (SSSR count). The molecule has 0 heterocycles. The molecule has 0 aliphatic carbocycles. The first-order valence-corrected chi connectivity index (χ1v) is 20.5. The van der Waals surface area contributed by atoms with Crippen molar-refractivity contribution in [1.29, 1.82) is 0 Å². The summed E-state index contributed by atoms with van der Waals surface area (Å²) in [5.41, 5.74) is 0. The predicted octanol–water partition coefficient (Wildman–Crippen LogP) is 8.73. The van der Waals surface area contributed by atoms with E-state index in [1.807, 2.05) is 0 Å². The third-order valence-electron chi connectivity index (χ3n) is 8.26. The monoisotopic (exact) mass is 717 g/mol. The zero-order valence-corrected chi connectivity index (χ0v) is 33.9. The molecule has 3 atom stereocenters. The maximum atomic E-state index is 12.5. The summed E-state index contributed by atoms with van der Waals surface area (Å²) in [6.45, 7) is 2.37. The molecule has 0 amide bonds. The van der Waals surface area contributed by atoms with Crippen LogP contribution in [-0.2, 0) is 32.7 Å². The Morgan fingerprint density at radius 2 is 0.917 bits per heavy atom. The summed E-state index contributed by atoms with van der Waals surface area (Å²) < 4.78 is 32.5. The zero-order chi connectivity index (χ0) is 34.9. The van der Waals surface area contributed by atoms with E-state index in [-0.39, 0.29) is 49.0 Å². The van der Waals surface area contributed by atoms with Gasteiger partial charge in [-0.15, -0.1) is 0 Å². The van der Waals surface area contributed by atoms with Crippen LogP contribution in [0, 0.1) is 0 Å². The Hall–Kier alpha value is -0.0300. The minimum Gasteiger partial charge on any atom is -0.462 e. The van der Waals surface area contributed by atoms with Crippen LogP contribution in [0.1, 0.15) is 181 Å². The van der Waals surface area contributed by atoms with Crippen molar-refractivity contribution in [2.24, 2.45) is 0 Å².